The van der Waals surface area contributed by atoms with E-state index >= 15 is 0 Å². The maximum atomic E-state index is 12.3. The van der Waals surface area contributed by atoms with Crippen molar-refractivity contribution in [2.75, 3.05) is 13.7 Å². The molecule has 1 aliphatic heterocycles. The standard InChI is InChI=1S/C23H23NO2/c1-26-22(25)21-17-24(21)23(18-11-5-2-6-12-18,19-13-7-3-8-14-19)20-15-9-4-10-16-20/h2-3,5-9,11-16,21H,4,10,17H2,1H3/t21-,24?/m0/s1. The van der Waals surface area contributed by atoms with Gasteiger partial charge in [0.1, 0.15) is 6.04 Å². The summed E-state index contributed by atoms with van der Waals surface area (Å²) in [6.45, 7) is 0.696. The van der Waals surface area contributed by atoms with Crippen LogP contribution in [0.25, 0.3) is 0 Å². The summed E-state index contributed by atoms with van der Waals surface area (Å²) in [5, 5.41) is 0. The number of rotatable bonds is 5. The number of allylic oxidation sites excluding steroid dienone is 2. The molecule has 2 aromatic carbocycles. The largest absolute Gasteiger partial charge is 0.468 e. The first-order valence-electron chi connectivity index (χ1n) is 9.11. The molecule has 1 aliphatic carbocycles. The predicted molar refractivity (Wildman–Crippen MR) is 103 cm³/mol. The van der Waals surface area contributed by atoms with Crippen LogP contribution in [0.5, 0.6) is 0 Å². The predicted octanol–water partition coefficient (Wildman–Crippen LogP) is 4.06. The van der Waals surface area contributed by atoms with Crippen LogP contribution < -0.4 is 0 Å². The highest BCUT2D eigenvalue weighted by Gasteiger charge is 2.56. The van der Waals surface area contributed by atoms with E-state index in [0.717, 1.165) is 12.8 Å². The first-order chi connectivity index (χ1) is 12.8. The second kappa shape index (κ2) is 6.93. The van der Waals surface area contributed by atoms with Crippen molar-refractivity contribution in [1.82, 2.24) is 4.90 Å². The van der Waals surface area contributed by atoms with Gasteiger partial charge in [-0.05, 0) is 29.5 Å². The molecule has 0 N–H and O–H groups in total. The Hall–Kier alpha value is -2.65. The highest BCUT2D eigenvalue weighted by atomic mass is 16.5. The minimum Gasteiger partial charge on any atom is -0.468 e. The third-order valence-corrected chi connectivity index (χ3v) is 5.31. The number of hydrogen-bond donors (Lipinski definition) is 0. The first kappa shape index (κ1) is 16.8. The lowest BCUT2D eigenvalue weighted by Gasteiger charge is -2.39. The molecule has 1 saturated heterocycles. The lowest BCUT2D eigenvalue weighted by molar-refractivity contribution is -0.141. The number of hydrogen-bond acceptors (Lipinski definition) is 3. The minimum absolute atomic E-state index is 0.165. The van der Waals surface area contributed by atoms with Crippen molar-refractivity contribution < 1.29 is 9.53 Å². The molecule has 132 valence electrons. The molecule has 1 unspecified atom stereocenters. The van der Waals surface area contributed by atoms with E-state index in [-0.39, 0.29) is 12.0 Å². The minimum atomic E-state index is -0.474. The van der Waals surface area contributed by atoms with Crippen LogP contribution in [0.3, 0.4) is 0 Å². The Morgan fingerprint density at radius 1 is 1.00 bits per heavy atom. The molecule has 3 nitrogen and oxygen atoms in total. The van der Waals surface area contributed by atoms with Crippen LogP contribution in [-0.2, 0) is 15.1 Å². The molecule has 26 heavy (non-hydrogen) atoms. The quantitative estimate of drug-likeness (QED) is 0.604. The molecule has 2 aliphatic rings. The lowest BCUT2D eigenvalue weighted by atomic mass is 9.74. The Bertz CT molecular complexity index is 800. The highest BCUT2D eigenvalue weighted by Crippen LogP contribution is 2.49. The Balaban J connectivity index is 1.94. The highest BCUT2D eigenvalue weighted by molar-refractivity contribution is 5.80. The van der Waals surface area contributed by atoms with E-state index in [0.29, 0.717) is 6.54 Å². The summed E-state index contributed by atoms with van der Waals surface area (Å²) in [6, 6.07) is 20.7. The lowest BCUT2D eigenvalue weighted by Crippen LogP contribution is -2.40. The van der Waals surface area contributed by atoms with Gasteiger partial charge >= 0.3 is 5.97 Å². The van der Waals surface area contributed by atoms with Gasteiger partial charge in [-0.15, -0.1) is 0 Å². The van der Waals surface area contributed by atoms with Gasteiger partial charge in [0.05, 0.1) is 12.6 Å². The number of esters is 1. The molecule has 2 aromatic rings. The number of ether oxygens (including phenoxy) is 1. The fraction of sp³-hybridized carbons (Fsp3) is 0.261. The maximum Gasteiger partial charge on any atom is 0.324 e. The van der Waals surface area contributed by atoms with Crippen molar-refractivity contribution in [3.8, 4) is 0 Å². The van der Waals surface area contributed by atoms with Crippen LogP contribution >= 0.6 is 0 Å². The molecule has 0 saturated carbocycles. The van der Waals surface area contributed by atoms with E-state index in [1.165, 1.54) is 23.8 Å². The second-order valence-electron chi connectivity index (χ2n) is 6.77. The monoisotopic (exact) mass is 345 g/mol. The van der Waals surface area contributed by atoms with Gasteiger partial charge in [-0.25, -0.2) is 0 Å². The molecule has 0 amide bonds. The fourth-order valence-electron chi connectivity index (χ4n) is 4.09. The van der Waals surface area contributed by atoms with E-state index < -0.39 is 5.54 Å². The first-order valence-corrected chi connectivity index (χ1v) is 9.11. The fourth-order valence-corrected chi connectivity index (χ4v) is 4.09. The van der Waals surface area contributed by atoms with Gasteiger partial charge in [0.2, 0.25) is 0 Å². The average Bonchev–Trinajstić information content (AvgIpc) is 3.52. The number of benzene rings is 2. The van der Waals surface area contributed by atoms with Crippen LogP contribution in [0.15, 0.2) is 84.5 Å². The summed E-state index contributed by atoms with van der Waals surface area (Å²) >= 11 is 0. The van der Waals surface area contributed by atoms with E-state index in [1.807, 2.05) is 12.1 Å². The molecular formula is C23H23NO2. The van der Waals surface area contributed by atoms with E-state index in [1.54, 1.807) is 0 Å². The third kappa shape index (κ3) is 2.69. The second-order valence-corrected chi connectivity index (χ2v) is 6.77. The summed E-state index contributed by atoms with van der Waals surface area (Å²) in [5.41, 5.74) is 3.11. The molecule has 0 radical (unpaired) electrons. The summed E-state index contributed by atoms with van der Waals surface area (Å²) < 4.78 is 5.04. The van der Waals surface area contributed by atoms with E-state index in [9.17, 15) is 4.79 Å². The van der Waals surface area contributed by atoms with Crippen LogP contribution in [0, 0.1) is 0 Å². The van der Waals surface area contributed by atoms with Gasteiger partial charge in [0.15, 0.2) is 0 Å². The van der Waals surface area contributed by atoms with Crippen LogP contribution in [0.1, 0.15) is 24.0 Å². The Kier molecular flexibility index (Phi) is 4.48. The van der Waals surface area contributed by atoms with Crippen molar-refractivity contribution in [2.45, 2.75) is 24.4 Å². The molecule has 0 bridgehead atoms. The van der Waals surface area contributed by atoms with Crippen LogP contribution in [-0.4, -0.2) is 30.6 Å². The molecule has 3 heteroatoms. The smallest absolute Gasteiger partial charge is 0.324 e. The number of nitrogens with zero attached hydrogens (tertiary/aromatic N) is 1. The summed E-state index contributed by atoms with van der Waals surface area (Å²) in [7, 11) is 1.46. The topological polar surface area (TPSA) is 29.3 Å². The number of methoxy groups -OCH3 is 1. The summed E-state index contributed by atoms with van der Waals surface area (Å²) in [5.74, 6) is -0.165. The zero-order valence-electron chi connectivity index (χ0n) is 15.0. The van der Waals surface area contributed by atoms with Crippen molar-refractivity contribution in [3.63, 3.8) is 0 Å². The normalized spacial score (nSPS) is 21.8. The van der Waals surface area contributed by atoms with Gasteiger partial charge in [-0.1, -0.05) is 78.9 Å². The third-order valence-electron chi connectivity index (χ3n) is 5.31. The average molecular weight is 345 g/mol. The molecule has 2 atom stereocenters. The van der Waals surface area contributed by atoms with Gasteiger partial charge < -0.3 is 4.74 Å². The van der Waals surface area contributed by atoms with Crippen LogP contribution in [0.4, 0.5) is 0 Å². The van der Waals surface area contributed by atoms with Gasteiger partial charge in [0, 0.05) is 6.54 Å². The Morgan fingerprint density at radius 2 is 1.62 bits per heavy atom. The van der Waals surface area contributed by atoms with Gasteiger partial charge in [0.25, 0.3) is 0 Å². The van der Waals surface area contributed by atoms with Crippen molar-refractivity contribution in [3.05, 3.63) is 95.6 Å². The SMILES string of the molecule is COC(=O)[C@@H]1CN1C(C1=CCCC=C1)(c1ccccc1)c1ccccc1. The maximum absolute atomic E-state index is 12.3. The van der Waals surface area contributed by atoms with E-state index in [4.69, 9.17) is 4.74 Å². The molecule has 1 heterocycles. The molecule has 0 spiro atoms. The summed E-state index contributed by atoms with van der Waals surface area (Å²) in [6.07, 6.45) is 8.84. The van der Waals surface area contributed by atoms with E-state index in [2.05, 4.69) is 71.7 Å². The van der Waals surface area contributed by atoms with Gasteiger partial charge in [-0.2, -0.15) is 0 Å². The van der Waals surface area contributed by atoms with Crippen LogP contribution in [0.2, 0.25) is 0 Å². The zero-order valence-corrected chi connectivity index (χ0v) is 15.0. The van der Waals surface area contributed by atoms with Crippen molar-refractivity contribution >= 4 is 5.97 Å². The summed E-state index contributed by atoms with van der Waals surface area (Å²) in [4.78, 5) is 14.5. The Morgan fingerprint density at radius 3 is 2.12 bits per heavy atom. The zero-order chi connectivity index (χ0) is 18.0. The molecule has 4 rings (SSSR count). The van der Waals surface area contributed by atoms with Crippen molar-refractivity contribution in [1.29, 1.82) is 0 Å². The molecule has 0 aromatic heterocycles. The molecule has 1 fully saturated rings. The number of carbonyl (C=O) groups is 1. The van der Waals surface area contributed by atoms with Crippen molar-refractivity contribution in [2.24, 2.45) is 0 Å². The molecular weight excluding hydrogens is 322 g/mol. The van der Waals surface area contributed by atoms with Gasteiger partial charge in [-0.3, -0.25) is 9.69 Å². The number of carbonyl (C=O) groups excluding carboxylic acids is 1. The Labute approximate surface area is 154 Å².